The van der Waals surface area contributed by atoms with Crippen LogP contribution in [0.1, 0.15) is 54.6 Å². The maximum absolute atomic E-state index is 12.5. The normalized spacial score (nSPS) is 16.5. The fraction of sp³-hybridized carbons (Fsp3) is 0.444. The minimum atomic E-state index is -4.43. The number of halogens is 3. The third kappa shape index (κ3) is 9.25. The smallest absolute Gasteiger partial charge is 0.416 e. The third-order valence-electron chi connectivity index (χ3n) is 6.33. The number of amides is 1. The highest BCUT2D eigenvalue weighted by molar-refractivity contribution is 5.93. The quantitative estimate of drug-likeness (QED) is 0.120. The molecule has 0 atom stereocenters. The number of carbonyl (C=O) groups excluding carboxylic acids is 2. The van der Waals surface area contributed by atoms with Crippen molar-refractivity contribution in [3.63, 3.8) is 0 Å². The highest BCUT2D eigenvalue weighted by Gasteiger charge is 2.37. The van der Waals surface area contributed by atoms with Crippen LogP contribution in [0.25, 0.3) is 0 Å². The zero-order valence-electron chi connectivity index (χ0n) is 22.4. The first kappa shape index (κ1) is 31.6. The molecule has 2 aliphatic rings. The van der Waals surface area contributed by atoms with E-state index < -0.39 is 17.7 Å². The highest BCUT2D eigenvalue weighted by atomic mass is 19.4. The number of benzene rings is 1. The molecule has 2 heterocycles. The van der Waals surface area contributed by atoms with Crippen molar-refractivity contribution in [2.24, 2.45) is 16.8 Å². The van der Waals surface area contributed by atoms with Crippen LogP contribution in [0, 0.1) is 0 Å². The van der Waals surface area contributed by atoms with E-state index in [0.717, 1.165) is 57.2 Å². The van der Waals surface area contributed by atoms with Crippen LogP contribution in [0.2, 0.25) is 0 Å². The maximum atomic E-state index is 12.5. The van der Waals surface area contributed by atoms with Crippen molar-refractivity contribution in [3.05, 3.63) is 71.0 Å². The molecular formula is C27H37F3N6O3. The largest absolute Gasteiger partial charge is 0.457 e. The number of hydrazine groups is 1. The van der Waals surface area contributed by atoms with Crippen LogP contribution in [-0.2, 0) is 22.3 Å². The van der Waals surface area contributed by atoms with Crippen molar-refractivity contribution in [3.8, 4) is 0 Å². The fourth-order valence-corrected chi connectivity index (χ4v) is 4.16. The molecule has 4 N–H and O–H groups in total. The summed E-state index contributed by atoms with van der Waals surface area (Å²) in [5.74, 6) is 10.4. The Morgan fingerprint density at radius 3 is 2.46 bits per heavy atom. The molecule has 0 spiro atoms. The number of alkyl halides is 3. The minimum Gasteiger partial charge on any atom is -0.457 e. The number of nitrogens with zero attached hydrogens (tertiary/aromatic N) is 4. The number of cyclic esters (lactones) is 1. The van der Waals surface area contributed by atoms with E-state index in [9.17, 15) is 22.8 Å². The van der Waals surface area contributed by atoms with E-state index in [1.54, 1.807) is 6.08 Å². The predicted molar refractivity (Wildman–Crippen MR) is 144 cm³/mol. The van der Waals surface area contributed by atoms with Crippen LogP contribution < -0.4 is 11.7 Å². The summed E-state index contributed by atoms with van der Waals surface area (Å²) in [5, 5.41) is 4.67. The van der Waals surface area contributed by atoms with Crippen LogP contribution in [0.3, 0.4) is 0 Å². The number of carbonyl (C=O) groups is 2. The Hall–Kier alpha value is -3.64. The maximum Gasteiger partial charge on any atom is 0.416 e. The van der Waals surface area contributed by atoms with E-state index in [0.29, 0.717) is 12.1 Å². The number of ether oxygens (including phenoxy) is 1. The van der Waals surface area contributed by atoms with Gasteiger partial charge in [-0.2, -0.15) is 18.3 Å². The highest BCUT2D eigenvalue weighted by Crippen LogP contribution is 2.35. The molecule has 1 saturated heterocycles. The molecule has 1 amide bonds. The molecular weight excluding hydrogens is 513 g/mol. The molecule has 214 valence electrons. The molecule has 1 aromatic rings. The van der Waals surface area contributed by atoms with Crippen molar-refractivity contribution < 1.29 is 27.5 Å². The molecule has 2 aliphatic heterocycles. The van der Waals surface area contributed by atoms with Gasteiger partial charge in [0.25, 0.3) is 0 Å². The second-order valence-electron chi connectivity index (χ2n) is 8.95. The first-order valence-corrected chi connectivity index (χ1v) is 12.7. The fourth-order valence-electron chi connectivity index (χ4n) is 4.16. The molecule has 3 rings (SSSR count). The van der Waals surface area contributed by atoms with Gasteiger partial charge in [0.1, 0.15) is 12.9 Å². The van der Waals surface area contributed by atoms with Crippen LogP contribution in [0.5, 0.6) is 0 Å². The zero-order chi connectivity index (χ0) is 29.0. The van der Waals surface area contributed by atoms with Gasteiger partial charge in [-0.25, -0.2) is 10.6 Å². The summed E-state index contributed by atoms with van der Waals surface area (Å²) in [7, 11) is 0. The molecule has 0 saturated carbocycles. The predicted octanol–water partition coefficient (Wildman–Crippen LogP) is 3.79. The molecule has 0 aliphatic carbocycles. The van der Waals surface area contributed by atoms with Gasteiger partial charge in [-0.3, -0.25) is 14.7 Å². The molecule has 39 heavy (non-hydrogen) atoms. The van der Waals surface area contributed by atoms with Crippen LogP contribution in [0.15, 0.2) is 59.4 Å². The number of hydrogen-bond donors (Lipinski definition) is 2. The molecule has 0 unspecified atom stereocenters. The number of hydrogen-bond acceptors (Lipinski definition) is 7. The average Bonchev–Trinajstić information content (AvgIpc) is 3.29. The van der Waals surface area contributed by atoms with Gasteiger partial charge < -0.3 is 15.5 Å². The molecule has 1 aromatic carbocycles. The second kappa shape index (κ2) is 15.1. The van der Waals surface area contributed by atoms with E-state index in [-0.39, 0.29) is 23.6 Å². The second-order valence-corrected chi connectivity index (χ2v) is 8.95. The molecule has 0 bridgehead atoms. The summed E-state index contributed by atoms with van der Waals surface area (Å²) >= 11 is 0. The Labute approximate surface area is 227 Å². The summed E-state index contributed by atoms with van der Waals surface area (Å²) in [6.45, 7) is 12.3. The number of rotatable bonds is 9. The summed E-state index contributed by atoms with van der Waals surface area (Å²) in [4.78, 5) is 27.9. The van der Waals surface area contributed by atoms with Gasteiger partial charge >= 0.3 is 12.1 Å². The number of fused-ring (bicyclic) bond motifs is 1. The molecule has 0 aromatic heterocycles. The first-order valence-electron chi connectivity index (χ1n) is 12.7. The molecule has 12 heteroatoms. The number of piperazine rings is 1. The van der Waals surface area contributed by atoms with Gasteiger partial charge in [0.05, 0.1) is 16.8 Å². The molecule has 0 radical (unpaired) electrons. The average molecular weight is 551 g/mol. The number of esters is 1. The Balaban J connectivity index is 0.000000318. The lowest BCUT2D eigenvalue weighted by Gasteiger charge is -2.34. The summed E-state index contributed by atoms with van der Waals surface area (Å²) in [6, 6.07) is 3.48. The van der Waals surface area contributed by atoms with Gasteiger partial charge in [0.2, 0.25) is 5.91 Å². The summed E-state index contributed by atoms with van der Waals surface area (Å²) in [6.07, 6.45) is 4.61. The minimum absolute atomic E-state index is 0.0137. The number of hydrazone groups is 1. The van der Waals surface area contributed by atoms with Crippen LogP contribution in [-0.4, -0.2) is 65.7 Å². The lowest BCUT2D eigenvalue weighted by molar-refractivity contribution is -0.138. The Bertz CT molecular complexity index is 1090. The van der Waals surface area contributed by atoms with Gasteiger partial charge in [-0.05, 0) is 43.7 Å². The van der Waals surface area contributed by atoms with Crippen molar-refractivity contribution in [1.29, 1.82) is 0 Å². The Kier molecular flexibility index (Phi) is 12.2. The lowest BCUT2D eigenvalue weighted by atomic mass is 10.0. The van der Waals surface area contributed by atoms with E-state index in [1.807, 2.05) is 24.0 Å². The Morgan fingerprint density at radius 1 is 1.21 bits per heavy atom. The molecule has 1 fully saturated rings. The van der Waals surface area contributed by atoms with Gasteiger partial charge in [-0.15, -0.1) is 0 Å². The summed E-state index contributed by atoms with van der Waals surface area (Å²) < 4.78 is 41.7. The standard InChI is InChI=1S/C18H32N6O.C9H5F3O2/c1-4-9-22-10-12-23(13-11-22)18(25)14-16(5-2)7-8-17(6-3)24(20)15-21-19;10-9(11,12)7-3-1-2-5-6(7)4-14-8(5)13/h6-8,15H,3-5,9-14,19-20H2,1-2H3;1-3H,4H2/b16-7+,17-8+,21-15-;. The number of nitrogens with two attached hydrogens (primary N) is 2. The van der Waals surface area contributed by atoms with Crippen LogP contribution in [0.4, 0.5) is 13.2 Å². The van der Waals surface area contributed by atoms with E-state index >= 15 is 0 Å². The SMILES string of the molecule is C=C/C(=C\C=C(/CC)CC(=O)N1CCN(CCC)CC1)N(N)/C=N\N.O=C1OCc2c1cccc2C(F)(F)F. The molecule has 9 nitrogen and oxygen atoms in total. The Morgan fingerprint density at radius 2 is 1.90 bits per heavy atom. The van der Waals surface area contributed by atoms with Gasteiger partial charge in [0.15, 0.2) is 0 Å². The third-order valence-corrected chi connectivity index (χ3v) is 6.33. The topological polar surface area (TPSA) is 117 Å². The van der Waals surface area contributed by atoms with Gasteiger partial charge in [-0.1, -0.05) is 38.1 Å². The van der Waals surface area contributed by atoms with E-state index in [1.165, 1.54) is 23.5 Å². The van der Waals surface area contributed by atoms with Gasteiger partial charge in [0, 0.05) is 38.2 Å². The van der Waals surface area contributed by atoms with Crippen molar-refractivity contribution in [2.75, 3.05) is 32.7 Å². The monoisotopic (exact) mass is 550 g/mol. The van der Waals surface area contributed by atoms with E-state index in [2.05, 4.69) is 28.2 Å². The van der Waals surface area contributed by atoms with Crippen molar-refractivity contribution in [2.45, 2.75) is 45.9 Å². The van der Waals surface area contributed by atoms with Crippen LogP contribution >= 0.6 is 0 Å². The number of allylic oxidation sites excluding steroid dienone is 3. The zero-order valence-corrected chi connectivity index (χ0v) is 22.4. The van der Waals surface area contributed by atoms with E-state index in [4.69, 9.17) is 11.7 Å². The first-order chi connectivity index (χ1) is 18.5. The lowest BCUT2D eigenvalue weighted by Crippen LogP contribution is -2.48. The summed E-state index contributed by atoms with van der Waals surface area (Å²) in [5.41, 5.74) is 0.866. The van der Waals surface area contributed by atoms with Crippen molar-refractivity contribution >= 4 is 18.2 Å². The van der Waals surface area contributed by atoms with Crippen molar-refractivity contribution in [1.82, 2.24) is 14.8 Å².